The number of nitrogens with one attached hydrogen (secondary N) is 1. The Kier molecular flexibility index (Phi) is 5.29. The van der Waals surface area contributed by atoms with Crippen molar-refractivity contribution in [2.45, 2.75) is 39.0 Å². The highest BCUT2D eigenvalue weighted by Gasteiger charge is 2.21. The lowest BCUT2D eigenvalue weighted by atomic mass is 9.85. The molecule has 1 saturated carbocycles. The highest BCUT2D eigenvalue weighted by molar-refractivity contribution is 5.77. The number of nitrogens with two attached hydrogens (primary N) is 1. The van der Waals surface area contributed by atoms with Gasteiger partial charge in [-0.05, 0) is 50.6 Å². The van der Waals surface area contributed by atoms with Gasteiger partial charge in [0.2, 0.25) is 0 Å². The van der Waals surface area contributed by atoms with E-state index in [-0.39, 0.29) is 0 Å². The second-order valence-electron chi connectivity index (χ2n) is 5.86. The first kappa shape index (κ1) is 13.7. The quantitative estimate of drug-likeness (QED) is 0.555. The van der Waals surface area contributed by atoms with Crippen molar-refractivity contribution in [3.8, 4) is 0 Å². The molecule has 104 valence electrons. The second kappa shape index (κ2) is 6.98. The summed E-state index contributed by atoms with van der Waals surface area (Å²) in [6.45, 7) is 7.83. The van der Waals surface area contributed by atoms with Crippen molar-refractivity contribution in [3.63, 3.8) is 0 Å². The van der Waals surface area contributed by atoms with E-state index >= 15 is 0 Å². The van der Waals surface area contributed by atoms with Gasteiger partial charge in [-0.1, -0.05) is 13.3 Å². The molecule has 1 atom stereocenters. The molecule has 1 heterocycles. The van der Waals surface area contributed by atoms with Crippen LogP contribution in [0.5, 0.6) is 0 Å². The summed E-state index contributed by atoms with van der Waals surface area (Å²) in [5.41, 5.74) is 5.90. The van der Waals surface area contributed by atoms with E-state index in [2.05, 4.69) is 22.1 Å². The van der Waals surface area contributed by atoms with Crippen LogP contribution in [0, 0.1) is 11.8 Å². The Hall–Kier alpha value is -0.770. The lowest BCUT2D eigenvalue weighted by Crippen LogP contribution is -2.37. The van der Waals surface area contributed by atoms with Crippen LogP contribution in [-0.2, 0) is 0 Å². The van der Waals surface area contributed by atoms with Crippen LogP contribution in [0.4, 0.5) is 0 Å². The molecule has 2 fully saturated rings. The van der Waals surface area contributed by atoms with Crippen LogP contribution in [0.1, 0.15) is 39.0 Å². The third-order valence-electron chi connectivity index (χ3n) is 4.23. The monoisotopic (exact) mass is 252 g/mol. The first-order chi connectivity index (χ1) is 8.78. The summed E-state index contributed by atoms with van der Waals surface area (Å²) in [5, 5.41) is 3.26. The van der Waals surface area contributed by atoms with Gasteiger partial charge in [-0.25, -0.2) is 0 Å². The lowest BCUT2D eigenvalue weighted by molar-refractivity contribution is 0.315. The number of hydrogen-bond donors (Lipinski definition) is 2. The van der Waals surface area contributed by atoms with E-state index in [1.54, 1.807) is 0 Å². The molecule has 0 aromatic carbocycles. The molecule has 1 aliphatic heterocycles. The topological polar surface area (TPSA) is 53.6 Å². The van der Waals surface area contributed by atoms with Gasteiger partial charge in [-0.2, -0.15) is 0 Å². The Labute approximate surface area is 111 Å². The lowest BCUT2D eigenvalue weighted by Gasteiger charge is -2.25. The zero-order chi connectivity index (χ0) is 12.8. The van der Waals surface area contributed by atoms with Gasteiger partial charge in [0.25, 0.3) is 0 Å². The van der Waals surface area contributed by atoms with Crippen molar-refractivity contribution < 1.29 is 0 Å². The highest BCUT2D eigenvalue weighted by atomic mass is 15.2. The molecule has 0 amide bonds. The fourth-order valence-electron chi connectivity index (χ4n) is 2.81. The average molecular weight is 252 g/mol. The average Bonchev–Trinajstić information content (AvgIpc) is 2.73. The van der Waals surface area contributed by atoms with Crippen LogP contribution in [0.25, 0.3) is 0 Å². The zero-order valence-electron chi connectivity index (χ0n) is 11.7. The molecule has 4 heteroatoms. The van der Waals surface area contributed by atoms with Gasteiger partial charge < -0.3 is 16.0 Å². The van der Waals surface area contributed by atoms with Crippen molar-refractivity contribution in [2.24, 2.45) is 22.6 Å². The smallest absolute Gasteiger partial charge is 0.188 e. The van der Waals surface area contributed by atoms with Crippen LogP contribution in [0.2, 0.25) is 0 Å². The number of guanidine groups is 1. The van der Waals surface area contributed by atoms with Crippen LogP contribution in [0.15, 0.2) is 4.99 Å². The molecule has 3 N–H and O–H groups in total. The molecule has 2 rings (SSSR count). The molecule has 0 aromatic heterocycles. The Morgan fingerprint density at radius 1 is 1.33 bits per heavy atom. The largest absolute Gasteiger partial charge is 0.370 e. The van der Waals surface area contributed by atoms with Crippen LogP contribution in [0.3, 0.4) is 0 Å². The molecular formula is C14H28N4. The Morgan fingerprint density at radius 2 is 2.17 bits per heavy atom. The normalized spacial score (nSPS) is 26.3. The van der Waals surface area contributed by atoms with Gasteiger partial charge in [-0.3, -0.25) is 4.99 Å². The summed E-state index contributed by atoms with van der Waals surface area (Å²) in [7, 11) is 0. The van der Waals surface area contributed by atoms with E-state index in [1.807, 2.05) is 0 Å². The fourth-order valence-corrected chi connectivity index (χ4v) is 2.81. The summed E-state index contributed by atoms with van der Waals surface area (Å²) in [5.74, 6) is 2.20. The zero-order valence-corrected chi connectivity index (χ0v) is 11.7. The highest BCUT2D eigenvalue weighted by Crippen LogP contribution is 2.25. The molecule has 0 bridgehead atoms. The van der Waals surface area contributed by atoms with Gasteiger partial charge in [0.05, 0.1) is 0 Å². The maximum Gasteiger partial charge on any atom is 0.188 e. The van der Waals surface area contributed by atoms with Gasteiger partial charge >= 0.3 is 0 Å². The third-order valence-corrected chi connectivity index (χ3v) is 4.23. The molecule has 1 saturated heterocycles. The summed E-state index contributed by atoms with van der Waals surface area (Å²) < 4.78 is 0. The van der Waals surface area contributed by atoms with Gasteiger partial charge in [0.1, 0.15) is 0 Å². The van der Waals surface area contributed by atoms with Crippen molar-refractivity contribution in [1.82, 2.24) is 10.2 Å². The van der Waals surface area contributed by atoms with Crippen LogP contribution in [-0.4, -0.2) is 43.6 Å². The Bertz CT molecular complexity index is 273. The van der Waals surface area contributed by atoms with E-state index in [0.29, 0.717) is 11.9 Å². The van der Waals surface area contributed by atoms with Gasteiger partial charge in [0, 0.05) is 19.6 Å². The third kappa shape index (κ3) is 4.16. The van der Waals surface area contributed by atoms with Crippen molar-refractivity contribution in [2.75, 3.05) is 32.7 Å². The second-order valence-corrected chi connectivity index (χ2v) is 5.86. The molecule has 1 unspecified atom stereocenters. The molecule has 0 radical (unpaired) electrons. The molecule has 4 nitrogen and oxygen atoms in total. The number of rotatable bonds is 6. The summed E-state index contributed by atoms with van der Waals surface area (Å²) >= 11 is 0. The van der Waals surface area contributed by atoms with Crippen molar-refractivity contribution >= 4 is 5.96 Å². The summed E-state index contributed by atoms with van der Waals surface area (Å²) in [6.07, 6.45) is 6.63. The fraction of sp³-hybridized carbons (Fsp3) is 0.929. The maximum absolute atomic E-state index is 5.90. The molecule has 0 spiro atoms. The van der Waals surface area contributed by atoms with E-state index in [9.17, 15) is 0 Å². The predicted octanol–water partition coefficient (Wildman–Crippen LogP) is 1.42. The van der Waals surface area contributed by atoms with Gasteiger partial charge in [0.15, 0.2) is 5.96 Å². The number of nitrogens with zero attached hydrogens (tertiary/aromatic N) is 2. The minimum atomic E-state index is 0.649. The number of aliphatic imine (C=N–C) groups is 1. The van der Waals surface area contributed by atoms with Gasteiger partial charge in [-0.15, -0.1) is 0 Å². The summed E-state index contributed by atoms with van der Waals surface area (Å²) in [6, 6.07) is 0. The van der Waals surface area contributed by atoms with E-state index in [0.717, 1.165) is 19.0 Å². The first-order valence-corrected chi connectivity index (χ1v) is 7.54. The first-order valence-electron chi connectivity index (χ1n) is 7.54. The van der Waals surface area contributed by atoms with Crippen LogP contribution >= 0.6 is 0 Å². The molecular weight excluding hydrogens is 224 g/mol. The maximum atomic E-state index is 5.90. The van der Waals surface area contributed by atoms with Crippen molar-refractivity contribution in [3.05, 3.63) is 0 Å². The van der Waals surface area contributed by atoms with E-state index in [4.69, 9.17) is 5.73 Å². The van der Waals surface area contributed by atoms with E-state index < -0.39 is 0 Å². The Balaban J connectivity index is 1.60. The molecule has 2 aliphatic rings. The minimum Gasteiger partial charge on any atom is -0.370 e. The van der Waals surface area contributed by atoms with E-state index in [1.165, 1.54) is 51.7 Å². The molecule has 18 heavy (non-hydrogen) atoms. The minimum absolute atomic E-state index is 0.649. The Morgan fingerprint density at radius 3 is 2.83 bits per heavy atom. The molecule has 1 aliphatic carbocycles. The summed E-state index contributed by atoms with van der Waals surface area (Å²) in [4.78, 5) is 7.03. The molecule has 0 aromatic rings. The van der Waals surface area contributed by atoms with Crippen LogP contribution < -0.4 is 11.1 Å². The standard InChI is InChI=1S/C14H28N4/c1-2-7-18-8-6-13(11-18)10-17-14(15)16-9-12-4-3-5-12/h12-13H,2-11H2,1H3,(H3,15,16,17). The SMILES string of the molecule is CCCN1CCC(CN=C(N)NCC2CCC2)C1. The van der Waals surface area contributed by atoms with Crippen molar-refractivity contribution in [1.29, 1.82) is 0 Å². The number of likely N-dealkylation sites (tertiary alicyclic amines) is 1. The number of hydrogen-bond acceptors (Lipinski definition) is 2. The predicted molar refractivity (Wildman–Crippen MR) is 76.7 cm³/mol.